The number of hydrogen-bond donors (Lipinski definition) is 1. The molecule has 1 aromatic carbocycles. The summed E-state index contributed by atoms with van der Waals surface area (Å²) in [6.07, 6.45) is 2.99. The molecule has 2 rings (SSSR count). The number of nitrogens with zero attached hydrogens (tertiary/aromatic N) is 3. The number of ether oxygens (including phenoxy) is 1. The Morgan fingerprint density at radius 2 is 2.16 bits per heavy atom. The van der Waals surface area contributed by atoms with Gasteiger partial charge in [0.15, 0.2) is 0 Å². The van der Waals surface area contributed by atoms with Gasteiger partial charge in [0.1, 0.15) is 12.4 Å². The van der Waals surface area contributed by atoms with Gasteiger partial charge < -0.3 is 10.5 Å². The van der Waals surface area contributed by atoms with Crippen molar-refractivity contribution < 1.29 is 9.53 Å². The molecule has 0 unspecified atom stereocenters. The number of nitriles is 1. The van der Waals surface area contributed by atoms with Gasteiger partial charge in [0, 0.05) is 6.20 Å². The molecule has 0 atom stereocenters. The molecular weight excluding hydrogens is 244 g/mol. The van der Waals surface area contributed by atoms with Crippen molar-refractivity contribution in [2.24, 2.45) is 5.73 Å². The molecule has 0 saturated carbocycles. The van der Waals surface area contributed by atoms with E-state index in [2.05, 4.69) is 5.10 Å². The van der Waals surface area contributed by atoms with E-state index in [1.807, 2.05) is 6.07 Å². The van der Waals surface area contributed by atoms with Crippen LogP contribution in [0.2, 0.25) is 0 Å². The van der Waals surface area contributed by atoms with Crippen LogP contribution in [0, 0.1) is 11.3 Å². The lowest BCUT2D eigenvalue weighted by Crippen LogP contribution is -2.11. The number of hydrogen-bond acceptors (Lipinski definition) is 4. The molecule has 2 N–H and O–H groups in total. The summed E-state index contributed by atoms with van der Waals surface area (Å²) in [5, 5.41) is 12.6. The van der Waals surface area contributed by atoms with Crippen LogP contribution in [-0.4, -0.2) is 22.3 Å². The first-order valence-electron chi connectivity index (χ1n) is 5.64. The number of nitrogens with two attached hydrogens (primary N) is 1. The smallest absolute Gasteiger partial charge is 0.251 e. The van der Waals surface area contributed by atoms with Gasteiger partial charge in [-0.25, -0.2) is 0 Å². The Labute approximate surface area is 110 Å². The molecule has 0 radical (unpaired) electrons. The summed E-state index contributed by atoms with van der Waals surface area (Å²) in [6.45, 7) is 0.916. The van der Waals surface area contributed by atoms with Crippen molar-refractivity contribution in [3.8, 4) is 11.8 Å². The summed E-state index contributed by atoms with van der Waals surface area (Å²) >= 11 is 0. The van der Waals surface area contributed by atoms with Gasteiger partial charge in [0.25, 0.3) is 5.91 Å². The van der Waals surface area contributed by atoms with Crippen molar-refractivity contribution in [2.45, 2.75) is 6.54 Å². The Kier molecular flexibility index (Phi) is 3.78. The van der Waals surface area contributed by atoms with Crippen LogP contribution < -0.4 is 10.5 Å². The molecule has 96 valence electrons. The van der Waals surface area contributed by atoms with E-state index in [1.165, 1.54) is 6.20 Å². The summed E-state index contributed by atoms with van der Waals surface area (Å²) in [5.41, 5.74) is 6.09. The largest absolute Gasteiger partial charge is 0.492 e. The first kappa shape index (κ1) is 12.6. The van der Waals surface area contributed by atoms with E-state index >= 15 is 0 Å². The Bertz CT molecular complexity index is 610. The molecule has 1 aromatic heterocycles. The minimum atomic E-state index is -0.501. The fraction of sp³-hybridized carbons (Fsp3) is 0.154. The third-order valence-electron chi connectivity index (χ3n) is 2.49. The predicted octanol–water partition coefficient (Wildman–Crippen LogP) is 0.933. The normalized spacial score (nSPS) is 9.84. The summed E-state index contributed by atoms with van der Waals surface area (Å²) < 4.78 is 7.08. The minimum absolute atomic E-state index is 0.373. The number of carbonyl (C=O) groups is 1. The fourth-order valence-corrected chi connectivity index (χ4v) is 1.50. The van der Waals surface area contributed by atoms with Crippen molar-refractivity contribution in [2.75, 3.05) is 6.61 Å². The first-order chi connectivity index (χ1) is 9.19. The highest BCUT2D eigenvalue weighted by atomic mass is 16.5. The second-order valence-electron chi connectivity index (χ2n) is 3.84. The van der Waals surface area contributed by atoms with Crippen LogP contribution in [-0.2, 0) is 6.54 Å². The third kappa shape index (κ3) is 3.33. The zero-order valence-electron chi connectivity index (χ0n) is 10.1. The van der Waals surface area contributed by atoms with Crippen molar-refractivity contribution in [1.29, 1.82) is 5.26 Å². The zero-order chi connectivity index (χ0) is 13.7. The molecule has 1 amide bonds. The zero-order valence-corrected chi connectivity index (χ0v) is 10.1. The average Bonchev–Trinajstić information content (AvgIpc) is 2.89. The topological polar surface area (TPSA) is 93.9 Å². The standard InChI is InChI=1S/C13H12N4O2/c14-7-10-1-3-12(4-2-10)19-6-5-17-9-11(8-16-17)13(15)18/h1-4,8-9H,5-6H2,(H2,15,18). The number of rotatable bonds is 5. The van der Waals surface area contributed by atoms with Crippen LogP contribution >= 0.6 is 0 Å². The molecule has 19 heavy (non-hydrogen) atoms. The number of primary amides is 1. The number of carbonyl (C=O) groups excluding carboxylic acids is 1. The molecule has 6 nitrogen and oxygen atoms in total. The number of aromatic nitrogens is 2. The van der Waals surface area contributed by atoms with E-state index < -0.39 is 5.91 Å². The van der Waals surface area contributed by atoms with E-state index in [-0.39, 0.29) is 0 Å². The van der Waals surface area contributed by atoms with Crippen molar-refractivity contribution in [3.63, 3.8) is 0 Å². The summed E-state index contributed by atoms with van der Waals surface area (Å²) in [4.78, 5) is 10.9. The molecule has 0 aliphatic carbocycles. The van der Waals surface area contributed by atoms with Crippen LogP contribution in [0.25, 0.3) is 0 Å². The summed E-state index contributed by atoms with van der Waals surface area (Å²) in [6, 6.07) is 8.88. The van der Waals surface area contributed by atoms with Crippen molar-refractivity contribution in [3.05, 3.63) is 47.8 Å². The highest BCUT2D eigenvalue weighted by Crippen LogP contribution is 2.11. The second-order valence-corrected chi connectivity index (χ2v) is 3.84. The van der Waals surface area contributed by atoms with Crippen LogP contribution in [0.5, 0.6) is 5.75 Å². The van der Waals surface area contributed by atoms with Crippen LogP contribution in [0.3, 0.4) is 0 Å². The lowest BCUT2D eigenvalue weighted by Gasteiger charge is -2.05. The molecular formula is C13H12N4O2. The van der Waals surface area contributed by atoms with E-state index in [4.69, 9.17) is 15.7 Å². The Morgan fingerprint density at radius 3 is 2.74 bits per heavy atom. The SMILES string of the molecule is N#Cc1ccc(OCCn2cc(C(N)=O)cn2)cc1. The van der Waals surface area contributed by atoms with Crippen molar-refractivity contribution >= 4 is 5.91 Å². The first-order valence-corrected chi connectivity index (χ1v) is 5.64. The van der Waals surface area contributed by atoms with Gasteiger partial charge in [0.2, 0.25) is 0 Å². The van der Waals surface area contributed by atoms with E-state index in [1.54, 1.807) is 35.1 Å². The Hall–Kier alpha value is -2.81. The lowest BCUT2D eigenvalue weighted by atomic mass is 10.2. The van der Waals surface area contributed by atoms with Crippen LogP contribution in [0.4, 0.5) is 0 Å². The van der Waals surface area contributed by atoms with Gasteiger partial charge in [0.05, 0.1) is 29.9 Å². The monoisotopic (exact) mass is 256 g/mol. The molecule has 0 spiro atoms. The second kappa shape index (κ2) is 5.69. The molecule has 0 bridgehead atoms. The van der Waals surface area contributed by atoms with Gasteiger partial charge in [-0.3, -0.25) is 9.48 Å². The van der Waals surface area contributed by atoms with Crippen LogP contribution in [0.1, 0.15) is 15.9 Å². The molecule has 0 saturated heterocycles. The molecule has 0 aliphatic heterocycles. The molecule has 1 heterocycles. The lowest BCUT2D eigenvalue weighted by molar-refractivity contribution is 0.1000. The maximum Gasteiger partial charge on any atom is 0.251 e. The van der Waals surface area contributed by atoms with Gasteiger partial charge in [-0.1, -0.05) is 0 Å². The predicted molar refractivity (Wildman–Crippen MR) is 67.4 cm³/mol. The Morgan fingerprint density at radius 1 is 1.42 bits per heavy atom. The molecule has 0 fully saturated rings. The van der Waals surface area contributed by atoms with Gasteiger partial charge in [-0.2, -0.15) is 10.4 Å². The van der Waals surface area contributed by atoms with Gasteiger partial charge >= 0.3 is 0 Å². The summed E-state index contributed by atoms with van der Waals surface area (Å²) in [5.74, 6) is 0.181. The Balaban J connectivity index is 1.85. The number of amides is 1. The van der Waals surface area contributed by atoms with E-state index in [9.17, 15) is 4.79 Å². The van der Waals surface area contributed by atoms with Crippen molar-refractivity contribution in [1.82, 2.24) is 9.78 Å². The molecule has 2 aromatic rings. The highest BCUT2D eigenvalue weighted by Gasteiger charge is 2.03. The highest BCUT2D eigenvalue weighted by molar-refractivity contribution is 5.92. The minimum Gasteiger partial charge on any atom is -0.492 e. The van der Waals surface area contributed by atoms with E-state index in [0.29, 0.717) is 30.0 Å². The van der Waals surface area contributed by atoms with Gasteiger partial charge in [-0.15, -0.1) is 0 Å². The van der Waals surface area contributed by atoms with Crippen LogP contribution in [0.15, 0.2) is 36.7 Å². The molecule has 6 heteroatoms. The number of benzene rings is 1. The van der Waals surface area contributed by atoms with Gasteiger partial charge in [-0.05, 0) is 24.3 Å². The average molecular weight is 256 g/mol. The molecule has 0 aliphatic rings. The fourth-order valence-electron chi connectivity index (χ4n) is 1.50. The van der Waals surface area contributed by atoms with E-state index in [0.717, 1.165) is 0 Å². The maximum atomic E-state index is 10.9. The quantitative estimate of drug-likeness (QED) is 0.861. The third-order valence-corrected chi connectivity index (χ3v) is 2.49. The summed E-state index contributed by atoms with van der Waals surface area (Å²) in [7, 11) is 0. The maximum absolute atomic E-state index is 10.9.